The van der Waals surface area contributed by atoms with E-state index < -0.39 is 0 Å². The Morgan fingerprint density at radius 3 is 2.05 bits per heavy atom. The fourth-order valence-electron chi connectivity index (χ4n) is 3.27. The molecule has 104 valence electrons. The largest absolute Gasteiger partial charge is 0.329 e. The monoisotopic (exact) mass is 266 g/mol. The molecule has 2 nitrogen and oxygen atoms in total. The lowest BCUT2D eigenvalue weighted by Crippen LogP contribution is -2.52. The molecule has 20 heavy (non-hydrogen) atoms. The maximum atomic E-state index is 6.16. The van der Waals surface area contributed by atoms with E-state index in [1.807, 2.05) is 0 Å². The molecule has 2 N–H and O–H groups in total. The van der Waals surface area contributed by atoms with Crippen LogP contribution in [0.15, 0.2) is 54.6 Å². The Kier molecular flexibility index (Phi) is 3.60. The summed E-state index contributed by atoms with van der Waals surface area (Å²) in [6.07, 6.45) is 2.12. The summed E-state index contributed by atoms with van der Waals surface area (Å²) >= 11 is 0. The predicted molar refractivity (Wildman–Crippen MR) is 83.5 cm³/mol. The van der Waals surface area contributed by atoms with Crippen molar-refractivity contribution in [2.75, 3.05) is 13.6 Å². The third-order valence-electron chi connectivity index (χ3n) is 4.61. The molecule has 0 aliphatic heterocycles. The number of nitrogens with zero attached hydrogens (tertiary/aromatic N) is 1. The van der Waals surface area contributed by atoms with Crippen LogP contribution in [0.25, 0.3) is 0 Å². The third-order valence-corrected chi connectivity index (χ3v) is 4.61. The molecule has 0 amide bonds. The summed E-state index contributed by atoms with van der Waals surface area (Å²) in [6, 6.07) is 19.4. The van der Waals surface area contributed by atoms with E-state index in [1.54, 1.807) is 0 Å². The van der Waals surface area contributed by atoms with Crippen LogP contribution in [0.2, 0.25) is 0 Å². The minimum absolute atomic E-state index is 0.0690. The van der Waals surface area contributed by atoms with Crippen molar-refractivity contribution in [3.05, 3.63) is 71.3 Å². The van der Waals surface area contributed by atoms with Crippen molar-refractivity contribution < 1.29 is 0 Å². The molecule has 2 aromatic rings. The molecule has 2 aromatic carbocycles. The first kappa shape index (κ1) is 13.3. The van der Waals surface area contributed by atoms with Gasteiger partial charge in [-0.1, -0.05) is 54.6 Å². The van der Waals surface area contributed by atoms with Crippen LogP contribution in [0.4, 0.5) is 0 Å². The quantitative estimate of drug-likeness (QED) is 0.921. The maximum absolute atomic E-state index is 6.16. The average molecular weight is 266 g/mol. The molecule has 0 saturated carbocycles. The van der Waals surface area contributed by atoms with Crippen LogP contribution in [0.1, 0.15) is 16.7 Å². The van der Waals surface area contributed by atoms with Crippen molar-refractivity contribution in [3.63, 3.8) is 0 Å². The normalized spacial score (nSPS) is 16.4. The van der Waals surface area contributed by atoms with Crippen molar-refractivity contribution >= 4 is 0 Å². The zero-order valence-corrected chi connectivity index (χ0v) is 12.0. The molecule has 2 heteroatoms. The molecule has 0 spiro atoms. The first-order valence-electron chi connectivity index (χ1n) is 7.25. The summed E-state index contributed by atoms with van der Waals surface area (Å²) in [5.41, 5.74) is 10.5. The van der Waals surface area contributed by atoms with Gasteiger partial charge in [0.05, 0.1) is 0 Å². The molecule has 0 saturated heterocycles. The number of benzene rings is 2. The number of hydrogen-bond acceptors (Lipinski definition) is 2. The summed E-state index contributed by atoms with van der Waals surface area (Å²) in [5, 5.41) is 0. The van der Waals surface area contributed by atoms with Gasteiger partial charge in [-0.25, -0.2) is 0 Å². The molecule has 0 radical (unpaired) electrons. The van der Waals surface area contributed by atoms with Gasteiger partial charge in [0.2, 0.25) is 0 Å². The standard InChI is InChI=1S/C18H22N2/c1-20(13-15-7-3-2-4-8-15)18(14-19)11-16-9-5-6-10-17(16)12-18/h2-10H,11-14,19H2,1H3. The van der Waals surface area contributed by atoms with Crippen molar-refractivity contribution in [3.8, 4) is 0 Å². The second kappa shape index (κ2) is 5.39. The summed E-state index contributed by atoms with van der Waals surface area (Å²) in [5.74, 6) is 0. The molecule has 0 heterocycles. The molecule has 1 aliphatic rings. The van der Waals surface area contributed by atoms with Gasteiger partial charge in [-0.2, -0.15) is 0 Å². The van der Waals surface area contributed by atoms with Crippen LogP contribution in [0.3, 0.4) is 0 Å². The first-order valence-corrected chi connectivity index (χ1v) is 7.25. The topological polar surface area (TPSA) is 29.3 Å². The summed E-state index contributed by atoms with van der Waals surface area (Å²) in [7, 11) is 2.20. The summed E-state index contributed by atoms with van der Waals surface area (Å²) in [6.45, 7) is 1.65. The lowest BCUT2D eigenvalue weighted by Gasteiger charge is -2.38. The SMILES string of the molecule is CN(Cc1ccccc1)C1(CN)Cc2ccccc2C1. The maximum Gasteiger partial charge on any atom is 0.0412 e. The van der Waals surface area contributed by atoms with Gasteiger partial charge in [-0.3, -0.25) is 4.90 Å². The zero-order valence-electron chi connectivity index (χ0n) is 12.0. The molecule has 1 aliphatic carbocycles. The van der Waals surface area contributed by atoms with Crippen LogP contribution in [0.5, 0.6) is 0 Å². The van der Waals surface area contributed by atoms with Crippen molar-refractivity contribution in [1.29, 1.82) is 0 Å². The number of rotatable bonds is 4. The number of nitrogens with two attached hydrogens (primary N) is 1. The van der Waals surface area contributed by atoms with Crippen LogP contribution < -0.4 is 5.73 Å². The summed E-state index contributed by atoms with van der Waals surface area (Å²) in [4.78, 5) is 2.43. The lowest BCUT2D eigenvalue weighted by molar-refractivity contribution is 0.127. The molecular formula is C18H22N2. The Morgan fingerprint density at radius 1 is 0.950 bits per heavy atom. The Labute approximate surface area is 121 Å². The smallest absolute Gasteiger partial charge is 0.0412 e. The highest BCUT2D eigenvalue weighted by Crippen LogP contribution is 2.34. The minimum Gasteiger partial charge on any atom is -0.329 e. The Bertz CT molecular complexity index is 552. The number of likely N-dealkylation sites (N-methyl/N-ethyl adjacent to an activating group) is 1. The van der Waals surface area contributed by atoms with E-state index in [0.717, 1.165) is 19.4 Å². The average Bonchev–Trinajstić information content (AvgIpc) is 2.88. The van der Waals surface area contributed by atoms with Gasteiger partial charge >= 0.3 is 0 Å². The molecule has 0 fully saturated rings. The van der Waals surface area contributed by atoms with Gasteiger partial charge in [0, 0.05) is 18.6 Å². The van der Waals surface area contributed by atoms with Crippen molar-refractivity contribution in [2.45, 2.75) is 24.9 Å². The van der Waals surface area contributed by atoms with Gasteiger partial charge in [-0.15, -0.1) is 0 Å². The van der Waals surface area contributed by atoms with E-state index in [4.69, 9.17) is 5.73 Å². The lowest BCUT2D eigenvalue weighted by atomic mass is 9.93. The Balaban J connectivity index is 1.81. The molecule has 0 aromatic heterocycles. The van der Waals surface area contributed by atoms with Crippen LogP contribution in [-0.4, -0.2) is 24.0 Å². The van der Waals surface area contributed by atoms with E-state index in [0.29, 0.717) is 6.54 Å². The highest BCUT2D eigenvalue weighted by Gasteiger charge is 2.39. The molecule has 3 rings (SSSR count). The first-order chi connectivity index (χ1) is 9.73. The number of hydrogen-bond donors (Lipinski definition) is 1. The van der Waals surface area contributed by atoms with E-state index in [9.17, 15) is 0 Å². The third kappa shape index (κ3) is 2.37. The van der Waals surface area contributed by atoms with Gasteiger partial charge in [0.1, 0.15) is 0 Å². The highest BCUT2D eigenvalue weighted by molar-refractivity contribution is 5.36. The van der Waals surface area contributed by atoms with Gasteiger partial charge in [0.15, 0.2) is 0 Å². The van der Waals surface area contributed by atoms with E-state index in [2.05, 4.69) is 66.5 Å². The number of fused-ring (bicyclic) bond motifs is 1. The highest BCUT2D eigenvalue weighted by atomic mass is 15.2. The zero-order chi connectivity index (χ0) is 14.0. The van der Waals surface area contributed by atoms with Crippen molar-refractivity contribution in [1.82, 2.24) is 4.90 Å². The Morgan fingerprint density at radius 2 is 1.50 bits per heavy atom. The molecule has 0 atom stereocenters. The second-order valence-corrected chi connectivity index (χ2v) is 5.89. The van der Waals surface area contributed by atoms with E-state index >= 15 is 0 Å². The predicted octanol–water partition coefficient (Wildman–Crippen LogP) is 2.61. The van der Waals surface area contributed by atoms with E-state index in [1.165, 1.54) is 16.7 Å². The van der Waals surface area contributed by atoms with Crippen LogP contribution >= 0.6 is 0 Å². The minimum atomic E-state index is 0.0690. The molecule has 0 bridgehead atoms. The van der Waals surface area contributed by atoms with Crippen molar-refractivity contribution in [2.24, 2.45) is 5.73 Å². The molecular weight excluding hydrogens is 244 g/mol. The van der Waals surface area contributed by atoms with Crippen LogP contribution in [0, 0.1) is 0 Å². The second-order valence-electron chi connectivity index (χ2n) is 5.89. The van der Waals surface area contributed by atoms with Crippen LogP contribution in [-0.2, 0) is 19.4 Å². The fraction of sp³-hybridized carbons (Fsp3) is 0.333. The van der Waals surface area contributed by atoms with Gasteiger partial charge in [0.25, 0.3) is 0 Å². The Hall–Kier alpha value is -1.64. The molecule has 0 unspecified atom stereocenters. The van der Waals surface area contributed by atoms with E-state index in [-0.39, 0.29) is 5.54 Å². The van der Waals surface area contributed by atoms with Gasteiger partial charge in [-0.05, 0) is 36.6 Å². The van der Waals surface area contributed by atoms with Gasteiger partial charge < -0.3 is 5.73 Å². The fourth-order valence-corrected chi connectivity index (χ4v) is 3.27. The summed E-state index contributed by atoms with van der Waals surface area (Å²) < 4.78 is 0.